The number of hydrazone groups is 1. The molecular weight excluding hydrogens is 306 g/mol. The molecule has 0 saturated heterocycles. The Kier molecular flexibility index (Phi) is 5.30. The highest BCUT2D eigenvalue weighted by molar-refractivity contribution is 5.97. The van der Waals surface area contributed by atoms with Crippen molar-refractivity contribution in [1.29, 1.82) is 0 Å². The Labute approximate surface area is 133 Å². The van der Waals surface area contributed by atoms with Gasteiger partial charge in [0.05, 0.1) is 6.61 Å². The van der Waals surface area contributed by atoms with Gasteiger partial charge in [0.25, 0.3) is 12.3 Å². The van der Waals surface area contributed by atoms with Crippen LogP contribution in [0.2, 0.25) is 0 Å². The van der Waals surface area contributed by atoms with Gasteiger partial charge in [0, 0.05) is 17.7 Å². The van der Waals surface area contributed by atoms with E-state index in [4.69, 9.17) is 4.74 Å². The predicted octanol–water partition coefficient (Wildman–Crippen LogP) is 3.04. The number of ether oxygens (including phenoxy) is 1. The van der Waals surface area contributed by atoms with Gasteiger partial charge in [-0.25, -0.2) is 8.78 Å². The zero-order valence-corrected chi connectivity index (χ0v) is 13.1. The molecule has 5 nitrogen and oxygen atoms in total. The number of aliphatic hydroxyl groups is 1. The summed E-state index contributed by atoms with van der Waals surface area (Å²) in [4.78, 5) is 12.4. The lowest BCUT2D eigenvalue weighted by molar-refractivity contribution is -0.164. The second kappa shape index (κ2) is 7.04. The van der Waals surface area contributed by atoms with E-state index in [9.17, 15) is 18.7 Å². The van der Waals surface area contributed by atoms with Crippen LogP contribution < -0.4 is 4.74 Å². The Morgan fingerprint density at radius 1 is 1.43 bits per heavy atom. The summed E-state index contributed by atoms with van der Waals surface area (Å²) in [5, 5.41) is 14.3. The van der Waals surface area contributed by atoms with Crippen LogP contribution in [0.4, 0.5) is 8.78 Å². The average molecular weight is 326 g/mol. The van der Waals surface area contributed by atoms with Crippen LogP contribution in [0.25, 0.3) is 0 Å². The van der Waals surface area contributed by atoms with Crippen molar-refractivity contribution in [3.05, 3.63) is 29.8 Å². The van der Waals surface area contributed by atoms with Gasteiger partial charge >= 0.3 is 0 Å². The molecule has 1 amide bonds. The van der Waals surface area contributed by atoms with Crippen molar-refractivity contribution in [2.24, 2.45) is 5.10 Å². The fourth-order valence-corrected chi connectivity index (χ4v) is 2.29. The molecular formula is C16H20F2N2O3. The lowest BCUT2D eigenvalue weighted by atomic mass is 10.1. The first kappa shape index (κ1) is 17.3. The topological polar surface area (TPSA) is 62.1 Å². The number of alkyl halides is 2. The summed E-state index contributed by atoms with van der Waals surface area (Å²) in [5.41, 5.74) is -2.15. The Bertz CT molecular complexity index is 589. The van der Waals surface area contributed by atoms with Gasteiger partial charge in [0.2, 0.25) is 5.72 Å². The van der Waals surface area contributed by atoms with Crippen LogP contribution in [0.15, 0.2) is 29.4 Å². The number of rotatable bonds is 6. The number of unbranched alkanes of at least 4 members (excludes halogenated alkanes) is 1. The summed E-state index contributed by atoms with van der Waals surface area (Å²) in [7, 11) is 0. The normalized spacial score (nSPS) is 20.8. The molecule has 23 heavy (non-hydrogen) atoms. The van der Waals surface area contributed by atoms with Gasteiger partial charge in [0.15, 0.2) is 0 Å². The van der Waals surface area contributed by atoms with Crippen LogP contribution in [0, 0.1) is 0 Å². The van der Waals surface area contributed by atoms with Crippen molar-refractivity contribution in [2.45, 2.75) is 45.3 Å². The number of carbonyl (C=O) groups is 1. The first-order chi connectivity index (χ1) is 10.9. The second-order valence-electron chi connectivity index (χ2n) is 5.53. The molecule has 0 bridgehead atoms. The van der Waals surface area contributed by atoms with Crippen LogP contribution >= 0.6 is 0 Å². The number of hydrogen-bond donors (Lipinski definition) is 1. The number of carbonyl (C=O) groups excluding carboxylic acids is 1. The number of benzene rings is 1. The van der Waals surface area contributed by atoms with E-state index in [-0.39, 0.29) is 17.7 Å². The molecule has 1 aliphatic rings. The fourth-order valence-electron chi connectivity index (χ4n) is 2.29. The summed E-state index contributed by atoms with van der Waals surface area (Å²) < 4.78 is 31.7. The maximum absolute atomic E-state index is 13.1. The smallest absolute Gasteiger partial charge is 0.287 e. The van der Waals surface area contributed by atoms with Crippen molar-refractivity contribution in [3.8, 4) is 5.75 Å². The van der Waals surface area contributed by atoms with Gasteiger partial charge in [-0.15, -0.1) is 0 Å². The largest absolute Gasteiger partial charge is 0.494 e. The molecule has 0 fully saturated rings. The van der Waals surface area contributed by atoms with Crippen molar-refractivity contribution in [3.63, 3.8) is 0 Å². The molecule has 2 rings (SSSR count). The summed E-state index contributed by atoms with van der Waals surface area (Å²) >= 11 is 0. The lowest BCUT2D eigenvalue weighted by Gasteiger charge is -2.30. The minimum atomic E-state index is -3.11. The van der Waals surface area contributed by atoms with Gasteiger partial charge in [-0.3, -0.25) is 4.79 Å². The van der Waals surface area contributed by atoms with E-state index in [0.717, 1.165) is 12.8 Å². The highest BCUT2D eigenvalue weighted by atomic mass is 19.3. The predicted molar refractivity (Wildman–Crippen MR) is 81.7 cm³/mol. The molecule has 1 aliphatic heterocycles. The van der Waals surface area contributed by atoms with E-state index in [1.165, 1.54) is 19.1 Å². The highest BCUT2D eigenvalue weighted by Gasteiger charge is 2.51. The lowest BCUT2D eigenvalue weighted by Crippen LogP contribution is -2.51. The first-order valence-corrected chi connectivity index (χ1v) is 7.50. The third-order valence-electron chi connectivity index (χ3n) is 3.56. The van der Waals surface area contributed by atoms with Crippen molar-refractivity contribution < 1.29 is 23.4 Å². The summed E-state index contributed by atoms with van der Waals surface area (Å²) in [6.07, 6.45) is -1.54. The quantitative estimate of drug-likeness (QED) is 0.817. The molecule has 0 saturated carbocycles. The standard InChI is InChI=1S/C16H20F2N2O3/c1-3-4-9-23-13-7-5-12(6-8-13)14(21)20-16(22,15(17)18)10-11(2)19-20/h5-8,15,22H,3-4,9-10H2,1-2H3/t16-/m1/s1. The minimum absolute atomic E-state index is 0.158. The Balaban J connectivity index is 2.13. The third-order valence-corrected chi connectivity index (χ3v) is 3.56. The monoisotopic (exact) mass is 326 g/mol. The third kappa shape index (κ3) is 3.67. The Hall–Kier alpha value is -2.02. The molecule has 0 radical (unpaired) electrons. The highest BCUT2D eigenvalue weighted by Crippen LogP contribution is 2.32. The average Bonchev–Trinajstić information content (AvgIpc) is 2.84. The molecule has 1 aromatic rings. The zero-order valence-electron chi connectivity index (χ0n) is 13.1. The van der Waals surface area contributed by atoms with Gasteiger partial charge in [0.1, 0.15) is 5.75 Å². The van der Waals surface area contributed by atoms with Crippen molar-refractivity contribution in [2.75, 3.05) is 6.61 Å². The number of hydrogen-bond acceptors (Lipinski definition) is 4. The molecule has 0 aliphatic carbocycles. The van der Waals surface area contributed by atoms with Gasteiger partial charge in [-0.1, -0.05) is 13.3 Å². The summed E-state index contributed by atoms with van der Waals surface area (Å²) in [6, 6.07) is 6.13. The fraction of sp³-hybridized carbons (Fsp3) is 0.500. The zero-order chi connectivity index (χ0) is 17.0. The molecule has 1 N–H and O–H groups in total. The maximum atomic E-state index is 13.1. The molecule has 0 unspecified atom stereocenters. The molecule has 126 valence electrons. The van der Waals surface area contributed by atoms with E-state index >= 15 is 0 Å². The molecule has 1 atom stereocenters. The molecule has 7 heteroatoms. The number of nitrogens with zero attached hydrogens (tertiary/aromatic N) is 2. The van der Waals surface area contributed by atoms with Crippen LogP contribution in [0.1, 0.15) is 43.5 Å². The van der Waals surface area contributed by atoms with E-state index < -0.39 is 18.1 Å². The summed E-state index contributed by atoms with van der Waals surface area (Å²) in [6.45, 7) is 4.11. The van der Waals surface area contributed by atoms with E-state index in [1.807, 2.05) is 6.92 Å². The van der Waals surface area contributed by atoms with Crippen LogP contribution in [0.3, 0.4) is 0 Å². The summed E-state index contributed by atoms with van der Waals surface area (Å²) in [5.74, 6) is -0.176. The van der Waals surface area contributed by atoms with Crippen LogP contribution in [-0.4, -0.2) is 40.5 Å². The van der Waals surface area contributed by atoms with Crippen LogP contribution in [-0.2, 0) is 0 Å². The van der Waals surface area contributed by atoms with Gasteiger partial charge in [-0.05, 0) is 37.6 Å². The maximum Gasteiger partial charge on any atom is 0.287 e. The number of amides is 1. The second-order valence-corrected chi connectivity index (χ2v) is 5.53. The SMILES string of the molecule is CCCCOc1ccc(C(=O)N2N=C(C)C[C@@]2(O)C(F)F)cc1. The van der Waals surface area contributed by atoms with Crippen molar-refractivity contribution >= 4 is 11.6 Å². The Morgan fingerprint density at radius 2 is 2.09 bits per heavy atom. The molecule has 1 aromatic carbocycles. The van der Waals surface area contributed by atoms with Gasteiger partial charge < -0.3 is 9.84 Å². The molecule has 0 spiro atoms. The van der Waals surface area contributed by atoms with E-state index in [2.05, 4.69) is 5.10 Å². The number of halogens is 2. The minimum Gasteiger partial charge on any atom is -0.494 e. The first-order valence-electron chi connectivity index (χ1n) is 7.50. The van der Waals surface area contributed by atoms with Gasteiger partial charge in [-0.2, -0.15) is 10.1 Å². The van der Waals surface area contributed by atoms with Crippen LogP contribution in [0.5, 0.6) is 5.75 Å². The molecule has 0 aromatic heterocycles. The van der Waals surface area contributed by atoms with E-state index in [0.29, 0.717) is 17.4 Å². The van der Waals surface area contributed by atoms with E-state index in [1.54, 1.807) is 12.1 Å². The molecule has 1 heterocycles. The van der Waals surface area contributed by atoms with Crippen molar-refractivity contribution in [1.82, 2.24) is 5.01 Å². The Morgan fingerprint density at radius 3 is 2.65 bits per heavy atom.